The second-order valence-corrected chi connectivity index (χ2v) is 8.04. The molecule has 0 radical (unpaired) electrons. The average molecular weight is 459 g/mol. The van der Waals surface area contributed by atoms with Crippen LogP contribution in [-0.4, -0.2) is 36.2 Å². The molecule has 0 saturated carbocycles. The number of ketones is 1. The van der Waals surface area contributed by atoms with Gasteiger partial charge >= 0.3 is 5.97 Å². The molecule has 5 nitrogen and oxygen atoms in total. The van der Waals surface area contributed by atoms with Crippen LogP contribution in [0, 0.1) is 0 Å². The van der Waals surface area contributed by atoms with Crippen molar-refractivity contribution in [2.24, 2.45) is 0 Å². The normalized spacial score (nSPS) is 12.3. The summed E-state index contributed by atoms with van der Waals surface area (Å²) in [6, 6.07) is 23.3. The van der Waals surface area contributed by atoms with Gasteiger partial charge in [0.1, 0.15) is 12.4 Å². The first-order chi connectivity index (χ1) is 16.4. The molecule has 0 amide bonds. The number of hydrogen-bond donors (Lipinski definition) is 1. The number of hydrogen-bond acceptors (Lipinski definition) is 4. The summed E-state index contributed by atoms with van der Waals surface area (Å²) in [6.07, 6.45) is 1.50. The number of ether oxygens (including phenoxy) is 2. The number of Topliss-reactive ketones (excluding diaryl/α,β-unsaturated/α-hetero) is 1. The Hall–Kier alpha value is -3.70. The number of benzene rings is 3. The number of allylic oxidation sites excluding steroid dienone is 1. The number of carbonyl (C=O) groups excluding carboxylic acids is 1. The Bertz CT molecular complexity index is 1140. The molecule has 1 N–H and O–H groups in total. The molecule has 5 heteroatoms. The Labute approximate surface area is 200 Å². The van der Waals surface area contributed by atoms with Crippen LogP contribution in [0.4, 0.5) is 0 Å². The smallest absolute Gasteiger partial charge is 0.333 e. The van der Waals surface area contributed by atoms with Gasteiger partial charge in [0.15, 0.2) is 11.9 Å². The van der Waals surface area contributed by atoms with Gasteiger partial charge in [-0.15, -0.1) is 0 Å². The van der Waals surface area contributed by atoms with Gasteiger partial charge in [0.05, 0.1) is 0 Å². The fourth-order valence-electron chi connectivity index (χ4n) is 3.58. The minimum atomic E-state index is -0.958. The lowest BCUT2D eigenvalue weighted by atomic mass is 9.99. The number of aliphatic carboxylic acids is 1. The van der Waals surface area contributed by atoms with Crippen molar-refractivity contribution in [1.29, 1.82) is 0 Å². The second-order valence-electron chi connectivity index (χ2n) is 8.04. The molecule has 3 aromatic carbocycles. The molecule has 176 valence electrons. The van der Waals surface area contributed by atoms with Gasteiger partial charge in [-0.25, -0.2) is 4.79 Å². The third-order valence-corrected chi connectivity index (χ3v) is 5.57. The van der Waals surface area contributed by atoms with Crippen LogP contribution in [0.15, 0.2) is 78.9 Å². The van der Waals surface area contributed by atoms with E-state index in [1.165, 1.54) is 0 Å². The van der Waals surface area contributed by atoms with Crippen molar-refractivity contribution in [1.82, 2.24) is 0 Å². The van der Waals surface area contributed by atoms with Crippen LogP contribution in [-0.2, 0) is 16.0 Å². The zero-order valence-electron chi connectivity index (χ0n) is 19.8. The topological polar surface area (TPSA) is 72.8 Å². The Morgan fingerprint density at radius 2 is 1.62 bits per heavy atom. The maximum absolute atomic E-state index is 11.6. The van der Waals surface area contributed by atoms with Crippen molar-refractivity contribution in [3.05, 3.63) is 95.6 Å². The number of carboxylic acid groups (broad SMARTS) is 1. The fourth-order valence-corrected chi connectivity index (χ4v) is 3.58. The van der Waals surface area contributed by atoms with Gasteiger partial charge < -0.3 is 14.6 Å². The maximum atomic E-state index is 11.6. The van der Waals surface area contributed by atoms with Gasteiger partial charge in [-0.2, -0.15) is 0 Å². The SMILES string of the molecule is CCO[C@@H](Cc1ccc(OC/C=C(/C)c2ccc(-c3cccc(C(C)=O)c3)cc2)cc1)C(=O)O. The lowest BCUT2D eigenvalue weighted by molar-refractivity contribution is -0.149. The average Bonchev–Trinajstić information content (AvgIpc) is 2.84. The van der Waals surface area contributed by atoms with Crippen LogP contribution in [0.5, 0.6) is 5.75 Å². The molecule has 0 aromatic heterocycles. The number of carboxylic acids is 1. The van der Waals surface area contributed by atoms with E-state index in [0.29, 0.717) is 25.2 Å². The summed E-state index contributed by atoms with van der Waals surface area (Å²) in [5.74, 6) is -0.181. The zero-order chi connectivity index (χ0) is 24.5. The molecule has 34 heavy (non-hydrogen) atoms. The highest BCUT2D eigenvalue weighted by molar-refractivity contribution is 5.95. The van der Waals surface area contributed by atoms with Gasteiger partial charge in [-0.05, 0) is 72.9 Å². The van der Waals surface area contributed by atoms with Gasteiger partial charge in [0.25, 0.3) is 0 Å². The molecule has 1 atom stereocenters. The molecule has 0 bridgehead atoms. The molecular weight excluding hydrogens is 428 g/mol. The standard InChI is InChI=1S/C29H30O5/c1-4-33-28(29(31)32)18-22-8-14-27(15-9-22)34-17-16-20(2)23-10-12-24(13-11-23)26-7-5-6-25(19-26)21(3)30/h5-16,19,28H,4,17-18H2,1-3H3,(H,31,32)/b20-16-/t28-/m0/s1. The highest BCUT2D eigenvalue weighted by atomic mass is 16.5. The highest BCUT2D eigenvalue weighted by Crippen LogP contribution is 2.24. The van der Waals surface area contributed by atoms with Crippen molar-refractivity contribution >= 4 is 17.3 Å². The quantitative estimate of drug-likeness (QED) is 0.353. The molecule has 0 saturated heterocycles. The molecule has 0 heterocycles. The van der Waals surface area contributed by atoms with Crippen LogP contribution in [0.25, 0.3) is 16.7 Å². The van der Waals surface area contributed by atoms with Gasteiger partial charge in [0, 0.05) is 18.6 Å². The Morgan fingerprint density at radius 1 is 0.912 bits per heavy atom. The predicted molar refractivity (Wildman–Crippen MR) is 134 cm³/mol. The van der Waals surface area contributed by atoms with Crippen LogP contribution in [0.2, 0.25) is 0 Å². The van der Waals surface area contributed by atoms with E-state index in [1.807, 2.05) is 61.5 Å². The highest BCUT2D eigenvalue weighted by Gasteiger charge is 2.17. The largest absolute Gasteiger partial charge is 0.490 e. The Kier molecular flexibility index (Phi) is 8.77. The van der Waals surface area contributed by atoms with Crippen molar-refractivity contribution in [2.45, 2.75) is 33.3 Å². The third-order valence-electron chi connectivity index (χ3n) is 5.57. The van der Waals surface area contributed by atoms with Crippen LogP contribution < -0.4 is 4.74 Å². The van der Waals surface area contributed by atoms with E-state index in [0.717, 1.165) is 33.6 Å². The lowest BCUT2D eigenvalue weighted by Crippen LogP contribution is -2.26. The molecular formula is C29H30O5. The van der Waals surface area contributed by atoms with E-state index >= 15 is 0 Å². The van der Waals surface area contributed by atoms with Crippen molar-refractivity contribution in [2.75, 3.05) is 13.2 Å². The monoisotopic (exact) mass is 458 g/mol. The zero-order valence-corrected chi connectivity index (χ0v) is 19.8. The molecule has 0 unspecified atom stereocenters. The lowest BCUT2D eigenvalue weighted by Gasteiger charge is -2.12. The third kappa shape index (κ3) is 6.90. The summed E-state index contributed by atoms with van der Waals surface area (Å²) in [5.41, 5.74) is 5.87. The molecule has 0 fully saturated rings. The maximum Gasteiger partial charge on any atom is 0.333 e. The van der Waals surface area contributed by atoms with Crippen LogP contribution in [0.3, 0.4) is 0 Å². The van der Waals surface area contributed by atoms with E-state index in [-0.39, 0.29) is 5.78 Å². The Balaban J connectivity index is 1.57. The summed E-state index contributed by atoms with van der Waals surface area (Å²) in [4.78, 5) is 22.9. The molecule has 0 spiro atoms. The predicted octanol–water partition coefficient (Wildman–Crippen LogP) is 6.07. The van der Waals surface area contributed by atoms with Crippen LogP contribution >= 0.6 is 0 Å². The van der Waals surface area contributed by atoms with E-state index in [2.05, 4.69) is 24.3 Å². The molecule has 0 aliphatic carbocycles. The summed E-state index contributed by atoms with van der Waals surface area (Å²) in [7, 11) is 0. The van der Waals surface area contributed by atoms with Gasteiger partial charge in [-0.3, -0.25) is 4.79 Å². The van der Waals surface area contributed by atoms with Gasteiger partial charge in [0.2, 0.25) is 0 Å². The first-order valence-electron chi connectivity index (χ1n) is 11.3. The number of rotatable bonds is 11. The van der Waals surface area contributed by atoms with E-state index in [9.17, 15) is 14.7 Å². The molecule has 3 aromatic rings. The van der Waals surface area contributed by atoms with Crippen molar-refractivity contribution in [3.63, 3.8) is 0 Å². The van der Waals surface area contributed by atoms with Crippen LogP contribution in [0.1, 0.15) is 42.3 Å². The second kappa shape index (κ2) is 12.0. The van der Waals surface area contributed by atoms with Crippen molar-refractivity contribution < 1.29 is 24.2 Å². The first-order valence-corrected chi connectivity index (χ1v) is 11.3. The summed E-state index contributed by atoms with van der Waals surface area (Å²) < 4.78 is 11.1. The van der Waals surface area contributed by atoms with E-state index < -0.39 is 12.1 Å². The minimum absolute atomic E-state index is 0.0573. The molecule has 0 aliphatic rings. The summed E-state index contributed by atoms with van der Waals surface area (Å²) in [6.45, 7) is 6.18. The fraction of sp³-hybridized carbons (Fsp3) is 0.241. The number of carbonyl (C=O) groups is 2. The summed E-state index contributed by atoms with van der Waals surface area (Å²) >= 11 is 0. The minimum Gasteiger partial charge on any atom is -0.490 e. The molecule has 0 aliphatic heterocycles. The molecule has 3 rings (SSSR count). The van der Waals surface area contributed by atoms with Gasteiger partial charge in [-0.1, -0.05) is 54.6 Å². The first kappa shape index (κ1) is 24.9. The van der Waals surface area contributed by atoms with E-state index in [1.54, 1.807) is 13.8 Å². The summed E-state index contributed by atoms with van der Waals surface area (Å²) in [5, 5.41) is 9.22. The van der Waals surface area contributed by atoms with E-state index in [4.69, 9.17) is 9.47 Å². The van der Waals surface area contributed by atoms with Crippen molar-refractivity contribution in [3.8, 4) is 16.9 Å². The Morgan fingerprint density at radius 3 is 2.24 bits per heavy atom.